The van der Waals surface area contributed by atoms with E-state index in [0.29, 0.717) is 0 Å². The van der Waals surface area contributed by atoms with Gasteiger partial charge in [-0.25, -0.2) is 0 Å². The molecular weight excluding hydrogens is 434 g/mol. The standard InChI is InChI=1S/C35H27N/c1-26-11-19-34(20-12-26)36(33-9-3-2-4-10-33)35-21-16-27(17-22-35)13-14-28-15-18-31-24-29-7-5-6-8-30(29)25-32(31)23-28/h2-25H,1H3/b14-13+. The van der Waals surface area contributed by atoms with Crippen LogP contribution in [-0.2, 0) is 0 Å². The monoisotopic (exact) mass is 461 g/mol. The van der Waals surface area contributed by atoms with E-state index in [1.807, 2.05) is 0 Å². The van der Waals surface area contributed by atoms with Gasteiger partial charge in [0.15, 0.2) is 0 Å². The van der Waals surface area contributed by atoms with Crippen LogP contribution in [0.3, 0.4) is 0 Å². The quantitative estimate of drug-likeness (QED) is 0.182. The molecule has 1 nitrogen and oxygen atoms in total. The number of aryl methyl sites for hydroxylation is 1. The fourth-order valence-corrected chi connectivity index (χ4v) is 4.71. The fourth-order valence-electron chi connectivity index (χ4n) is 4.71. The van der Waals surface area contributed by atoms with Crippen LogP contribution in [0.2, 0.25) is 0 Å². The molecule has 0 atom stereocenters. The Hall–Kier alpha value is -4.62. The maximum atomic E-state index is 2.29. The number of para-hydroxylation sites is 1. The molecule has 172 valence electrons. The van der Waals surface area contributed by atoms with Crippen LogP contribution >= 0.6 is 0 Å². The van der Waals surface area contributed by atoms with Crippen LogP contribution in [-0.4, -0.2) is 0 Å². The summed E-state index contributed by atoms with van der Waals surface area (Å²) in [6, 6.07) is 47.7. The number of fused-ring (bicyclic) bond motifs is 2. The molecule has 0 aliphatic heterocycles. The van der Waals surface area contributed by atoms with Gasteiger partial charge >= 0.3 is 0 Å². The van der Waals surface area contributed by atoms with Crippen LogP contribution < -0.4 is 4.90 Å². The minimum absolute atomic E-state index is 1.14. The maximum Gasteiger partial charge on any atom is 0.0462 e. The lowest BCUT2D eigenvalue weighted by molar-refractivity contribution is 1.27. The second kappa shape index (κ2) is 9.56. The molecule has 0 aromatic heterocycles. The van der Waals surface area contributed by atoms with E-state index in [-0.39, 0.29) is 0 Å². The van der Waals surface area contributed by atoms with E-state index in [9.17, 15) is 0 Å². The first kappa shape index (κ1) is 21.9. The van der Waals surface area contributed by atoms with Gasteiger partial charge in [-0.3, -0.25) is 0 Å². The van der Waals surface area contributed by atoms with Crippen molar-refractivity contribution in [3.05, 3.63) is 150 Å². The van der Waals surface area contributed by atoms with E-state index in [0.717, 1.165) is 17.1 Å². The van der Waals surface area contributed by atoms with Crippen LogP contribution in [0.1, 0.15) is 16.7 Å². The SMILES string of the molecule is Cc1ccc(N(c2ccccc2)c2ccc(/C=C/c3ccc4cc5ccccc5cc4c3)cc2)cc1. The topological polar surface area (TPSA) is 3.24 Å². The Labute approximate surface area is 212 Å². The molecule has 6 aromatic rings. The molecule has 0 amide bonds. The third-order valence-corrected chi connectivity index (χ3v) is 6.65. The van der Waals surface area contributed by atoms with Gasteiger partial charge < -0.3 is 4.90 Å². The molecule has 0 saturated heterocycles. The average Bonchev–Trinajstić information content (AvgIpc) is 2.93. The van der Waals surface area contributed by atoms with Crippen LogP contribution in [0, 0.1) is 6.92 Å². The fraction of sp³-hybridized carbons (Fsp3) is 0.0286. The van der Waals surface area contributed by atoms with Crippen molar-refractivity contribution in [2.45, 2.75) is 6.92 Å². The molecule has 0 heterocycles. The number of nitrogens with zero attached hydrogens (tertiary/aromatic N) is 1. The van der Waals surface area contributed by atoms with Crippen LogP contribution in [0.5, 0.6) is 0 Å². The summed E-state index contributed by atoms with van der Waals surface area (Å²) in [5.74, 6) is 0. The van der Waals surface area contributed by atoms with Gasteiger partial charge in [0, 0.05) is 17.1 Å². The number of hydrogen-bond acceptors (Lipinski definition) is 1. The van der Waals surface area contributed by atoms with Gasteiger partial charge in [-0.1, -0.05) is 96.6 Å². The zero-order chi connectivity index (χ0) is 24.3. The van der Waals surface area contributed by atoms with Gasteiger partial charge in [0.1, 0.15) is 0 Å². The molecule has 0 N–H and O–H groups in total. The molecule has 0 aliphatic rings. The Morgan fingerprint density at radius 2 is 0.917 bits per heavy atom. The lowest BCUT2D eigenvalue weighted by atomic mass is 10.0. The molecule has 0 saturated carbocycles. The Bertz CT molecular complexity index is 1660. The second-order valence-corrected chi connectivity index (χ2v) is 9.24. The van der Waals surface area contributed by atoms with Gasteiger partial charge in [0.2, 0.25) is 0 Å². The van der Waals surface area contributed by atoms with E-state index in [1.165, 1.54) is 38.2 Å². The van der Waals surface area contributed by atoms with Crippen molar-refractivity contribution in [2.24, 2.45) is 0 Å². The number of anilines is 3. The normalized spacial score (nSPS) is 11.4. The van der Waals surface area contributed by atoms with Gasteiger partial charge in [0.25, 0.3) is 0 Å². The van der Waals surface area contributed by atoms with Crippen molar-refractivity contribution >= 4 is 50.8 Å². The smallest absolute Gasteiger partial charge is 0.0462 e. The van der Waals surface area contributed by atoms with Gasteiger partial charge in [0.05, 0.1) is 0 Å². The Morgan fingerprint density at radius 3 is 1.61 bits per heavy atom. The van der Waals surface area contributed by atoms with Crippen molar-refractivity contribution in [3.8, 4) is 0 Å². The summed E-state index contributed by atoms with van der Waals surface area (Å²) >= 11 is 0. The zero-order valence-electron chi connectivity index (χ0n) is 20.3. The maximum absolute atomic E-state index is 2.29. The Balaban J connectivity index is 1.28. The van der Waals surface area contributed by atoms with Crippen molar-refractivity contribution in [1.29, 1.82) is 0 Å². The first-order valence-electron chi connectivity index (χ1n) is 12.4. The molecular formula is C35H27N. The van der Waals surface area contributed by atoms with Gasteiger partial charge in [-0.2, -0.15) is 0 Å². The summed E-state index contributed by atoms with van der Waals surface area (Å²) in [5, 5.41) is 5.09. The van der Waals surface area contributed by atoms with E-state index < -0.39 is 0 Å². The van der Waals surface area contributed by atoms with E-state index in [4.69, 9.17) is 0 Å². The third-order valence-electron chi connectivity index (χ3n) is 6.65. The summed E-state index contributed by atoms with van der Waals surface area (Å²) in [6.45, 7) is 2.12. The highest BCUT2D eigenvalue weighted by Crippen LogP contribution is 2.34. The number of rotatable bonds is 5. The molecule has 1 heteroatoms. The van der Waals surface area contributed by atoms with Crippen LogP contribution in [0.4, 0.5) is 17.1 Å². The molecule has 0 spiro atoms. The molecule has 0 bridgehead atoms. The van der Waals surface area contributed by atoms with Crippen LogP contribution in [0.15, 0.2) is 133 Å². The molecule has 0 aliphatic carbocycles. The molecule has 36 heavy (non-hydrogen) atoms. The highest BCUT2D eigenvalue weighted by atomic mass is 15.1. The zero-order valence-corrected chi connectivity index (χ0v) is 20.3. The molecule has 6 aromatic carbocycles. The minimum Gasteiger partial charge on any atom is -0.311 e. The Morgan fingerprint density at radius 1 is 0.417 bits per heavy atom. The van der Waals surface area contributed by atoms with Crippen molar-refractivity contribution in [1.82, 2.24) is 0 Å². The molecule has 0 radical (unpaired) electrons. The van der Waals surface area contributed by atoms with Crippen molar-refractivity contribution in [3.63, 3.8) is 0 Å². The highest BCUT2D eigenvalue weighted by molar-refractivity contribution is 5.99. The molecule has 0 unspecified atom stereocenters. The predicted octanol–water partition coefficient (Wildman–Crippen LogP) is 9.94. The largest absolute Gasteiger partial charge is 0.311 e. The van der Waals surface area contributed by atoms with Gasteiger partial charge in [-0.05, 0) is 94.2 Å². The lowest BCUT2D eigenvalue weighted by Gasteiger charge is -2.25. The second-order valence-electron chi connectivity index (χ2n) is 9.24. The summed E-state index contributed by atoms with van der Waals surface area (Å²) in [4.78, 5) is 2.29. The molecule has 0 fully saturated rings. The van der Waals surface area contributed by atoms with Gasteiger partial charge in [-0.15, -0.1) is 0 Å². The molecule has 6 rings (SSSR count). The first-order valence-corrected chi connectivity index (χ1v) is 12.4. The average molecular weight is 462 g/mol. The van der Waals surface area contributed by atoms with Crippen molar-refractivity contribution < 1.29 is 0 Å². The summed E-state index contributed by atoms with van der Waals surface area (Å²) < 4.78 is 0. The lowest BCUT2D eigenvalue weighted by Crippen LogP contribution is -2.09. The Kier molecular flexibility index (Phi) is 5.81. The van der Waals surface area contributed by atoms with E-state index in [2.05, 4.69) is 157 Å². The van der Waals surface area contributed by atoms with E-state index in [1.54, 1.807) is 0 Å². The minimum atomic E-state index is 1.14. The van der Waals surface area contributed by atoms with Crippen molar-refractivity contribution in [2.75, 3.05) is 4.90 Å². The number of hydrogen-bond donors (Lipinski definition) is 0. The third kappa shape index (κ3) is 4.52. The summed E-state index contributed by atoms with van der Waals surface area (Å²) in [7, 11) is 0. The van der Waals surface area contributed by atoms with Crippen LogP contribution in [0.25, 0.3) is 33.7 Å². The highest BCUT2D eigenvalue weighted by Gasteiger charge is 2.11. The van der Waals surface area contributed by atoms with E-state index >= 15 is 0 Å². The summed E-state index contributed by atoms with van der Waals surface area (Å²) in [6.07, 6.45) is 4.38. The first-order chi connectivity index (χ1) is 17.7. The summed E-state index contributed by atoms with van der Waals surface area (Å²) in [5.41, 5.74) is 7.07. The predicted molar refractivity (Wildman–Crippen MR) is 156 cm³/mol. The number of benzene rings is 6.